The van der Waals surface area contributed by atoms with Gasteiger partial charge in [0.15, 0.2) is 0 Å². The molecule has 6 heteroatoms. The molecule has 2 atom stereocenters. The summed E-state index contributed by atoms with van der Waals surface area (Å²) in [5.41, 5.74) is 6.38. The molecule has 3 rings (SSSR count). The highest BCUT2D eigenvalue weighted by atomic mass is 19.1. The lowest BCUT2D eigenvalue weighted by Gasteiger charge is -2.32. The highest BCUT2D eigenvalue weighted by Gasteiger charge is 2.33. The number of hydrogen-bond acceptors (Lipinski definition) is 5. The summed E-state index contributed by atoms with van der Waals surface area (Å²) in [5.74, 6) is 0.0973. The van der Waals surface area contributed by atoms with Gasteiger partial charge >= 0.3 is 0 Å². The van der Waals surface area contributed by atoms with Crippen molar-refractivity contribution in [2.45, 2.75) is 31.5 Å². The monoisotopic (exact) mass is 307 g/mol. The van der Waals surface area contributed by atoms with Crippen molar-refractivity contribution in [2.24, 2.45) is 10.7 Å². The second-order valence-electron chi connectivity index (χ2n) is 6.11. The lowest BCUT2D eigenvalue weighted by Crippen LogP contribution is -2.38. The highest BCUT2D eigenvalue weighted by Crippen LogP contribution is 2.34. The number of hydrogen-bond donors (Lipinski definition) is 1. The summed E-state index contributed by atoms with van der Waals surface area (Å²) in [7, 11) is 1.96. The number of benzene rings is 1. The van der Waals surface area contributed by atoms with E-state index in [1.165, 1.54) is 6.07 Å². The van der Waals surface area contributed by atoms with E-state index in [4.69, 9.17) is 15.2 Å². The largest absolute Gasteiger partial charge is 0.386 e. The van der Waals surface area contributed by atoms with Gasteiger partial charge in [-0.05, 0) is 38.0 Å². The van der Waals surface area contributed by atoms with Gasteiger partial charge in [0.1, 0.15) is 30.0 Å². The van der Waals surface area contributed by atoms with Gasteiger partial charge in [0, 0.05) is 24.9 Å². The zero-order valence-corrected chi connectivity index (χ0v) is 13.0. The Morgan fingerprint density at radius 3 is 2.95 bits per heavy atom. The molecule has 2 heterocycles. The fourth-order valence-electron chi connectivity index (χ4n) is 3.05. The fraction of sp³-hybridized carbons (Fsp3) is 0.562. The van der Waals surface area contributed by atoms with Crippen LogP contribution in [0.3, 0.4) is 0 Å². The zero-order chi connectivity index (χ0) is 15.7. The summed E-state index contributed by atoms with van der Waals surface area (Å²) < 4.78 is 25.5. The maximum absolute atomic E-state index is 14.4. The van der Waals surface area contributed by atoms with Crippen molar-refractivity contribution in [3.05, 3.63) is 29.6 Å². The van der Waals surface area contributed by atoms with Crippen LogP contribution in [0.4, 0.5) is 10.1 Å². The fourth-order valence-corrected chi connectivity index (χ4v) is 3.05. The van der Waals surface area contributed by atoms with E-state index < -0.39 is 5.54 Å². The van der Waals surface area contributed by atoms with E-state index in [9.17, 15) is 4.39 Å². The van der Waals surface area contributed by atoms with E-state index in [1.54, 1.807) is 6.07 Å². The van der Waals surface area contributed by atoms with Crippen LogP contribution in [0, 0.1) is 5.82 Å². The van der Waals surface area contributed by atoms with Crippen LogP contribution < -0.4 is 10.6 Å². The summed E-state index contributed by atoms with van der Waals surface area (Å²) in [6.07, 6.45) is 2.08. The van der Waals surface area contributed by atoms with E-state index in [0.29, 0.717) is 24.6 Å². The maximum atomic E-state index is 14.4. The Balaban J connectivity index is 1.94. The van der Waals surface area contributed by atoms with Crippen molar-refractivity contribution >= 4 is 11.5 Å². The summed E-state index contributed by atoms with van der Waals surface area (Å²) in [6.45, 7) is 3.23. The molecule has 1 aromatic rings. The predicted octanol–water partition coefficient (Wildman–Crippen LogP) is 2.00. The molecule has 0 aliphatic carbocycles. The van der Waals surface area contributed by atoms with Crippen molar-refractivity contribution in [1.82, 2.24) is 0 Å². The molecule has 5 nitrogen and oxygen atoms in total. The minimum absolute atomic E-state index is 0.0438. The van der Waals surface area contributed by atoms with Crippen LogP contribution in [-0.2, 0) is 15.0 Å². The van der Waals surface area contributed by atoms with Crippen LogP contribution in [0.1, 0.15) is 25.3 Å². The number of anilines is 1. The van der Waals surface area contributed by atoms with Crippen molar-refractivity contribution in [3.8, 4) is 0 Å². The van der Waals surface area contributed by atoms with Crippen LogP contribution in [0.15, 0.2) is 23.2 Å². The molecule has 1 fully saturated rings. The van der Waals surface area contributed by atoms with Crippen LogP contribution in [0.25, 0.3) is 0 Å². The lowest BCUT2D eigenvalue weighted by atomic mass is 9.91. The molecule has 2 aliphatic rings. The Hall–Kier alpha value is -1.66. The van der Waals surface area contributed by atoms with Gasteiger partial charge in [-0.3, -0.25) is 4.99 Å². The van der Waals surface area contributed by atoms with E-state index in [2.05, 4.69) is 4.99 Å². The van der Waals surface area contributed by atoms with Gasteiger partial charge in [-0.2, -0.15) is 0 Å². The Kier molecular flexibility index (Phi) is 4.06. The SMILES string of the molecule is CN(c1ccc(F)c([C@]2(C)COCC(N)=N2)c1)[C@H]1CCCO1. The number of rotatable bonds is 3. The second kappa shape index (κ2) is 5.85. The molecule has 22 heavy (non-hydrogen) atoms. The standard InChI is InChI=1S/C16H22FN3O2/c1-16(10-21-9-14(18)19-16)12-8-11(5-6-13(12)17)20(2)15-4-3-7-22-15/h5-6,8,15H,3-4,7,9-10H2,1-2H3,(H2,18,19)/t15-,16+/m1/s1. The Bertz CT molecular complexity index is 587. The molecule has 0 amide bonds. The van der Waals surface area contributed by atoms with Crippen molar-refractivity contribution < 1.29 is 13.9 Å². The van der Waals surface area contributed by atoms with Gasteiger partial charge in [0.25, 0.3) is 0 Å². The van der Waals surface area contributed by atoms with E-state index in [1.807, 2.05) is 24.9 Å². The average molecular weight is 307 g/mol. The van der Waals surface area contributed by atoms with Gasteiger partial charge in [-0.25, -0.2) is 4.39 Å². The number of amidine groups is 1. The number of ether oxygens (including phenoxy) is 2. The topological polar surface area (TPSA) is 60.1 Å². The number of halogens is 1. The predicted molar refractivity (Wildman–Crippen MR) is 83.6 cm³/mol. The van der Waals surface area contributed by atoms with Crippen LogP contribution >= 0.6 is 0 Å². The summed E-state index contributed by atoms with van der Waals surface area (Å²) >= 11 is 0. The molecule has 1 aromatic carbocycles. The molecular formula is C16H22FN3O2. The zero-order valence-electron chi connectivity index (χ0n) is 13.0. The summed E-state index contributed by atoms with van der Waals surface area (Å²) in [6, 6.07) is 5.06. The van der Waals surface area contributed by atoms with Crippen LogP contribution in [0.2, 0.25) is 0 Å². The first kappa shape index (κ1) is 15.2. The van der Waals surface area contributed by atoms with Crippen molar-refractivity contribution in [2.75, 3.05) is 31.8 Å². The third kappa shape index (κ3) is 2.80. The van der Waals surface area contributed by atoms with Crippen LogP contribution in [0.5, 0.6) is 0 Å². The van der Waals surface area contributed by atoms with Gasteiger partial charge in [0.05, 0.1) is 6.61 Å². The lowest BCUT2D eigenvalue weighted by molar-refractivity contribution is 0.104. The Morgan fingerprint density at radius 2 is 2.27 bits per heavy atom. The molecule has 0 radical (unpaired) electrons. The normalized spacial score (nSPS) is 28.5. The molecule has 0 aromatic heterocycles. The molecule has 0 unspecified atom stereocenters. The molecular weight excluding hydrogens is 285 g/mol. The quantitative estimate of drug-likeness (QED) is 0.928. The van der Waals surface area contributed by atoms with Crippen LogP contribution in [-0.4, -0.2) is 38.9 Å². The molecule has 0 spiro atoms. The number of nitrogens with two attached hydrogens (primary N) is 1. The highest BCUT2D eigenvalue weighted by molar-refractivity contribution is 5.82. The van der Waals surface area contributed by atoms with E-state index in [-0.39, 0.29) is 12.0 Å². The molecule has 1 saturated heterocycles. The Morgan fingerprint density at radius 1 is 1.45 bits per heavy atom. The third-order valence-corrected chi connectivity index (χ3v) is 4.30. The maximum Gasteiger partial charge on any atom is 0.129 e. The third-order valence-electron chi connectivity index (χ3n) is 4.30. The van der Waals surface area contributed by atoms with Gasteiger partial charge in [0.2, 0.25) is 0 Å². The van der Waals surface area contributed by atoms with Crippen molar-refractivity contribution in [3.63, 3.8) is 0 Å². The minimum Gasteiger partial charge on any atom is -0.386 e. The molecule has 120 valence electrons. The minimum atomic E-state index is -0.792. The van der Waals surface area contributed by atoms with Gasteiger partial charge in [-0.1, -0.05) is 0 Å². The van der Waals surface area contributed by atoms with Gasteiger partial charge < -0.3 is 20.1 Å². The molecule has 2 N–H and O–H groups in total. The molecule has 0 bridgehead atoms. The first-order valence-electron chi connectivity index (χ1n) is 7.56. The Labute approximate surface area is 129 Å². The second-order valence-corrected chi connectivity index (χ2v) is 6.11. The molecule has 0 saturated carbocycles. The van der Waals surface area contributed by atoms with E-state index >= 15 is 0 Å². The van der Waals surface area contributed by atoms with Crippen molar-refractivity contribution in [1.29, 1.82) is 0 Å². The van der Waals surface area contributed by atoms with E-state index in [0.717, 1.165) is 25.1 Å². The average Bonchev–Trinajstić information content (AvgIpc) is 3.01. The first-order valence-corrected chi connectivity index (χ1v) is 7.56. The van der Waals surface area contributed by atoms with Gasteiger partial charge in [-0.15, -0.1) is 0 Å². The smallest absolute Gasteiger partial charge is 0.129 e. The first-order chi connectivity index (χ1) is 10.5. The molecule has 2 aliphatic heterocycles. The summed E-state index contributed by atoms with van der Waals surface area (Å²) in [5, 5.41) is 0. The number of nitrogens with zero attached hydrogens (tertiary/aromatic N) is 2. The number of aliphatic imine (C=N–C) groups is 1. The summed E-state index contributed by atoms with van der Waals surface area (Å²) in [4.78, 5) is 6.46.